The van der Waals surface area contributed by atoms with E-state index in [1.165, 1.54) is 12.4 Å². The van der Waals surface area contributed by atoms with Gasteiger partial charge in [0.1, 0.15) is 0 Å². The van der Waals surface area contributed by atoms with Crippen molar-refractivity contribution in [1.82, 2.24) is 0 Å². The summed E-state index contributed by atoms with van der Waals surface area (Å²) in [7, 11) is 0. The maximum absolute atomic E-state index is 11.2. The van der Waals surface area contributed by atoms with Crippen LogP contribution in [0.15, 0.2) is 47.8 Å². The van der Waals surface area contributed by atoms with Crippen molar-refractivity contribution >= 4 is 5.69 Å². The van der Waals surface area contributed by atoms with Crippen LogP contribution in [0.2, 0.25) is 0 Å². The third-order valence-electron chi connectivity index (χ3n) is 2.39. The number of hydrogen-bond donors (Lipinski definition) is 0. The first-order valence-electron chi connectivity index (χ1n) is 5.05. The predicted molar refractivity (Wildman–Crippen MR) is 64.4 cm³/mol. The van der Waals surface area contributed by atoms with E-state index in [4.69, 9.17) is 5.53 Å². The molecule has 1 heterocycles. The lowest BCUT2D eigenvalue weighted by Crippen LogP contribution is -2.23. The molecule has 0 atom stereocenters. The molecular weight excluding hydrogens is 216 g/mol. The van der Waals surface area contributed by atoms with Gasteiger partial charge in [0.25, 0.3) is 0 Å². The fourth-order valence-electron chi connectivity index (χ4n) is 1.63. The van der Waals surface area contributed by atoms with E-state index >= 15 is 0 Å². The lowest BCUT2D eigenvalue weighted by molar-refractivity contribution is -0.604. The van der Waals surface area contributed by atoms with Gasteiger partial charge in [0.05, 0.1) is 0 Å². The Morgan fingerprint density at radius 3 is 2.88 bits per heavy atom. The maximum atomic E-state index is 11.2. The van der Waals surface area contributed by atoms with E-state index in [9.17, 15) is 5.21 Å². The Balaban J connectivity index is 2.64. The van der Waals surface area contributed by atoms with Crippen LogP contribution in [-0.2, 0) is 0 Å². The van der Waals surface area contributed by atoms with Crippen LogP contribution < -0.4 is 4.73 Å². The largest absolute Gasteiger partial charge is 0.619 e. The minimum atomic E-state index is 0.518. The van der Waals surface area contributed by atoms with Gasteiger partial charge in [-0.3, -0.25) is 0 Å². The van der Waals surface area contributed by atoms with Gasteiger partial charge in [-0.25, -0.2) is 0 Å². The van der Waals surface area contributed by atoms with E-state index in [0.717, 1.165) is 21.4 Å². The summed E-state index contributed by atoms with van der Waals surface area (Å²) in [6.07, 6.45) is 2.86. The second-order valence-electron chi connectivity index (χ2n) is 3.66. The second kappa shape index (κ2) is 4.55. The molecule has 0 aliphatic heterocycles. The summed E-state index contributed by atoms with van der Waals surface area (Å²) >= 11 is 0. The zero-order valence-corrected chi connectivity index (χ0v) is 9.24. The Bertz CT molecular complexity index is 603. The van der Waals surface area contributed by atoms with E-state index in [-0.39, 0.29) is 0 Å². The quantitative estimate of drug-likeness (QED) is 0.254. The van der Waals surface area contributed by atoms with Crippen molar-refractivity contribution in [3.8, 4) is 11.1 Å². The van der Waals surface area contributed by atoms with Gasteiger partial charge in [-0.2, -0.15) is 4.73 Å². The standard InChI is InChI=1S/C12H10N4O/c1-9-4-5-12(14-15-13)11(7-9)10-3-2-6-16(17)8-10/h2-8H,1H3. The summed E-state index contributed by atoms with van der Waals surface area (Å²) in [5.41, 5.74) is 11.6. The molecule has 1 aromatic heterocycles. The van der Waals surface area contributed by atoms with Crippen LogP contribution in [0.1, 0.15) is 5.56 Å². The SMILES string of the molecule is Cc1ccc(N=[N+]=[N-])c(-c2ccc[n+]([O-])c2)c1. The van der Waals surface area contributed by atoms with Gasteiger partial charge in [-0.15, -0.1) is 0 Å². The number of hydrogen-bond acceptors (Lipinski definition) is 2. The highest BCUT2D eigenvalue weighted by Crippen LogP contribution is 2.30. The number of benzene rings is 1. The normalized spacial score (nSPS) is 9.71. The fourth-order valence-corrected chi connectivity index (χ4v) is 1.63. The molecule has 2 aromatic rings. The Labute approximate surface area is 98.2 Å². The van der Waals surface area contributed by atoms with E-state index in [1.54, 1.807) is 18.2 Å². The molecule has 2 rings (SSSR count). The molecule has 0 unspecified atom stereocenters. The summed E-state index contributed by atoms with van der Waals surface area (Å²) in [4.78, 5) is 2.78. The van der Waals surface area contributed by atoms with Gasteiger partial charge in [0.15, 0.2) is 12.4 Å². The molecule has 0 spiro atoms. The van der Waals surface area contributed by atoms with Crippen molar-refractivity contribution in [2.24, 2.45) is 5.11 Å². The average molecular weight is 226 g/mol. The number of aryl methyl sites for hydroxylation is 1. The van der Waals surface area contributed by atoms with Gasteiger partial charge in [0.2, 0.25) is 0 Å². The number of nitrogens with zero attached hydrogens (tertiary/aromatic N) is 4. The zero-order valence-electron chi connectivity index (χ0n) is 9.24. The summed E-state index contributed by atoms with van der Waals surface area (Å²) in [6, 6.07) is 8.96. The van der Waals surface area contributed by atoms with Gasteiger partial charge >= 0.3 is 0 Å². The minimum absolute atomic E-state index is 0.518. The molecule has 0 saturated heterocycles. The molecule has 5 heteroatoms. The van der Waals surface area contributed by atoms with E-state index in [2.05, 4.69) is 10.0 Å². The van der Waals surface area contributed by atoms with E-state index in [0.29, 0.717) is 5.69 Å². The third kappa shape index (κ3) is 2.35. The van der Waals surface area contributed by atoms with Gasteiger partial charge < -0.3 is 5.21 Å². The highest BCUT2D eigenvalue weighted by molar-refractivity contribution is 5.75. The van der Waals surface area contributed by atoms with Crippen LogP contribution in [0.5, 0.6) is 0 Å². The lowest BCUT2D eigenvalue weighted by Gasteiger charge is -2.06. The first kappa shape index (κ1) is 11.0. The van der Waals surface area contributed by atoms with Crippen molar-refractivity contribution in [3.05, 3.63) is 63.9 Å². The molecule has 84 valence electrons. The summed E-state index contributed by atoms with van der Waals surface area (Å²) in [6.45, 7) is 1.94. The maximum Gasteiger partial charge on any atom is 0.188 e. The molecule has 5 nitrogen and oxygen atoms in total. The Morgan fingerprint density at radius 1 is 1.35 bits per heavy atom. The third-order valence-corrected chi connectivity index (χ3v) is 2.39. The van der Waals surface area contributed by atoms with Gasteiger partial charge in [0, 0.05) is 22.2 Å². The number of rotatable bonds is 2. The van der Waals surface area contributed by atoms with Crippen molar-refractivity contribution in [3.63, 3.8) is 0 Å². The number of pyridine rings is 1. The van der Waals surface area contributed by atoms with E-state index in [1.807, 2.05) is 19.1 Å². The smallest absolute Gasteiger partial charge is 0.188 e. The molecule has 1 aromatic carbocycles. The number of azide groups is 1. The van der Waals surface area contributed by atoms with Crippen molar-refractivity contribution < 1.29 is 4.73 Å². The topological polar surface area (TPSA) is 75.7 Å². The predicted octanol–water partition coefficient (Wildman–Crippen LogP) is 3.24. The molecule has 17 heavy (non-hydrogen) atoms. The van der Waals surface area contributed by atoms with Crippen molar-refractivity contribution in [2.45, 2.75) is 6.92 Å². The molecule has 0 bridgehead atoms. The van der Waals surface area contributed by atoms with Crippen LogP contribution in [-0.4, -0.2) is 0 Å². The summed E-state index contributed by atoms with van der Waals surface area (Å²) < 4.78 is 0.720. The fraction of sp³-hybridized carbons (Fsp3) is 0.0833. The molecular formula is C12H10N4O. The van der Waals surface area contributed by atoms with Crippen LogP contribution >= 0.6 is 0 Å². The van der Waals surface area contributed by atoms with Gasteiger partial charge in [-0.1, -0.05) is 28.9 Å². The van der Waals surface area contributed by atoms with Crippen LogP contribution in [0.25, 0.3) is 21.6 Å². The first-order valence-corrected chi connectivity index (χ1v) is 5.05. The lowest BCUT2D eigenvalue weighted by atomic mass is 10.0. The second-order valence-corrected chi connectivity index (χ2v) is 3.66. The highest BCUT2D eigenvalue weighted by Gasteiger charge is 2.06. The molecule has 0 fully saturated rings. The Morgan fingerprint density at radius 2 is 2.18 bits per heavy atom. The van der Waals surface area contributed by atoms with E-state index < -0.39 is 0 Å². The van der Waals surface area contributed by atoms with Crippen LogP contribution in [0.3, 0.4) is 0 Å². The Hall–Kier alpha value is -2.52. The molecule has 0 radical (unpaired) electrons. The molecule has 0 amide bonds. The minimum Gasteiger partial charge on any atom is -0.619 e. The van der Waals surface area contributed by atoms with Crippen LogP contribution in [0.4, 0.5) is 5.69 Å². The zero-order chi connectivity index (χ0) is 12.3. The summed E-state index contributed by atoms with van der Waals surface area (Å²) in [5.74, 6) is 0. The molecule has 0 aliphatic carbocycles. The van der Waals surface area contributed by atoms with Crippen LogP contribution in [0, 0.1) is 12.1 Å². The number of aromatic nitrogens is 1. The monoisotopic (exact) mass is 226 g/mol. The Kier molecular flexibility index (Phi) is 2.94. The van der Waals surface area contributed by atoms with Crippen molar-refractivity contribution in [2.75, 3.05) is 0 Å². The average Bonchev–Trinajstić information content (AvgIpc) is 2.32. The molecule has 0 saturated carbocycles. The molecule has 0 aliphatic rings. The van der Waals surface area contributed by atoms with Gasteiger partial charge in [-0.05, 0) is 24.1 Å². The first-order chi connectivity index (χ1) is 8.20. The summed E-state index contributed by atoms with van der Waals surface area (Å²) in [5, 5.41) is 14.9. The molecule has 0 N–H and O–H groups in total. The van der Waals surface area contributed by atoms with Crippen molar-refractivity contribution in [1.29, 1.82) is 0 Å². The highest BCUT2D eigenvalue weighted by atomic mass is 16.5.